The molecule has 0 radical (unpaired) electrons. The van der Waals surface area contributed by atoms with E-state index < -0.39 is 20.0 Å². The van der Waals surface area contributed by atoms with Crippen LogP contribution in [-0.2, 0) is 24.8 Å². The van der Waals surface area contributed by atoms with Crippen molar-refractivity contribution >= 4 is 77.6 Å². The predicted molar refractivity (Wildman–Crippen MR) is 123 cm³/mol. The summed E-state index contributed by atoms with van der Waals surface area (Å²) < 4.78 is 55.7. The van der Waals surface area contributed by atoms with Gasteiger partial charge in [0.25, 0.3) is 20.0 Å². The van der Waals surface area contributed by atoms with Gasteiger partial charge in [-0.3, -0.25) is 14.2 Å². The lowest BCUT2D eigenvalue weighted by Crippen LogP contribution is -2.17. The molecule has 0 aliphatic heterocycles. The van der Waals surface area contributed by atoms with Crippen LogP contribution in [0.1, 0.15) is 6.92 Å². The lowest BCUT2D eigenvalue weighted by molar-refractivity contribution is -0.114. The van der Waals surface area contributed by atoms with Crippen LogP contribution in [-0.4, -0.2) is 22.7 Å². The van der Waals surface area contributed by atoms with E-state index in [1.165, 1.54) is 49.4 Å². The Hall–Kier alpha value is -2.31. The summed E-state index contributed by atoms with van der Waals surface area (Å²) in [5.74, 6) is -0.364. The average Bonchev–Trinajstić information content (AvgIpc) is 3.21. The Morgan fingerprint density at radius 3 is 2.03 bits per heavy atom. The smallest absolute Gasteiger partial charge is 0.271 e. The second-order valence-electron chi connectivity index (χ2n) is 6.16. The highest BCUT2D eigenvalue weighted by Crippen LogP contribution is 2.35. The fourth-order valence-electron chi connectivity index (χ4n) is 2.48. The molecule has 3 aromatic rings. The molecule has 3 N–H and O–H groups in total. The molecule has 0 bridgehead atoms. The molecule has 3 rings (SSSR count). The molecule has 0 saturated carbocycles. The van der Waals surface area contributed by atoms with Gasteiger partial charge in [0, 0.05) is 12.6 Å². The molecule has 0 spiro atoms. The van der Waals surface area contributed by atoms with Crippen molar-refractivity contribution < 1.29 is 21.6 Å². The second kappa shape index (κ2) is 9.05. The van der Waals surface area contributed by atoms with Crippen LogP contribution in [0.25, 0.3) is 0 Å². The molecule has 0 saturated heterocycles. The molecule has 0 aliphatic carbocycles. The van der Waals surface area contributed by atoms with Gasteiger partial charge in [0.2, 0.25) is 5.91 Å². The van der Waals surface area contributed by atoms with Gasteiger partial charge in [0.1, 0.15) is 4.21 Å². The van der Waals surface area contributed by atoms with Gasteiger partial charge < -0.3 is 5.32 Å². The first-order valence-electron chi connectivity index (χ1n) is 8.44. The molecular weight excluding hydrogens is 505 g/mol. The number of benzene rings is 2. The zero-order chi connectivity index (χ0) is 22.8. The molecule has 31 heavy (non-hydrogen) atoms. The van der Waals surface area contributed by atoms with Crippen molar-refractivity contribution in [3.8, 4) is 0 Å². The maximum atomic E-state index is 12.9. The first-order chi connectivity index (χ1) is 14.5. The lowest BCUT2D eigenvalue weighted by atomic mass is 10.3. The average molecular weight is 520 g/mol. The zero-order valence-electron chi connectivity index (χ0n) is 15.7. The molecule has 0 aliphatic rings. The Bertz CT molecular complexity index is 1340. The number of anilines is 3. The van der Waals surface area contributed by atoms with Gasteiger partial charge >= 0.3 is 0 Å². The largest absolute Gasteiger partial charge is 0.326 e. The number of halogens is 2. The van der Waals surface area contributed by atoms with Crippen molar-refractivity contribution in [1.29, 1.82) is 0 Å². The minimum absolute atomic E-state index is 0.0189. The highest BCUT2D eigenvalue weighted by molar-refractivity contribution is 7.94. The fraction of sp³-hybridized carbons (Fsp3) is 0.0556. The van der Waals surface area contributed by atoms with Gasteiger partial charge in [-0.2, -0.15) is 0 Å². The van der Waals surface area contributed by atoms with Crippen molar-refractivity contribution in [3.05, 3.63) is 64.0 Å². The van der Waals surface area contributed by atoms with Gasteiger partial charge in [-0.05, 0) is 41.8 Å². The van der Waals surface area contributed by atoms with Crippen molar-refractivity contribution in [3.63, 3.8) is 0 Å². The number of carbonyl (C=O) groups is 1. The second-order valence-corrected chi connectivity index (χ2v) is 11.5. The maximum absolute atomic E-state index is 12.9. The molecule has 13 heteroatoms. The zero-order valence-corrected chi connectivity index (χ0v) is 19.7. The molecule has 2 aromatic carbocycles. The van der Waals surface area contributed by atoms with E-state index in [-0.39, 0.29) is 42.1 Å². The number of sulfonamides is 2. The van der Waals surface area contributed by atoms with Crippen molar-refractivity contribution in [2.24, 2.45) is 0 Å². The molecule has 1 aromatic heterocycles. The van der Waals surface area contributed by atoms with Crippen LogP contribution in [0.3, 0.4) is 0 Å². The van der Waals surface area contributed by atoms with E-state index in [1.54, 1.807) is 11.4 Å². The number of thiophene rings is 1. The van der Waals surface area contributed by atoms with Gasteiger partial charge in [0.15, 0.2) is 0 Å². The van der Waals surface area contributed by atoms with E-state index in [9.17, 15) is 21.6 Å². The minimum Gasteiger partial charge on any atom is -0.326 e. The summed E-state index contributed by atoms with van der Waals surface area (Å²) in [6.45, 7) is 1.29. The third kappa shape index (κ3) is 5.69. The van der Waals surface area contributed by atoms with Crippen molar-refractivity contribution in [1.82, 2.24) is 0 Å². The SMILES string of the molecule is CC(=O)Nc1cccc(S(=O)(=O)Nc2cc(Cl)c(Cl)cc2NS(=O)(=O)c2cccs2)c1. The summed E-state index contributed by atoms with van der Waals surface area (Å²) in [5, 5.41) is 4.14. The normalized spacial score (nSPS) is 11.7. The monoisotopic (exact) mass is 519 g/mol. The van der Waals surface area contributed by atoms with E-state index in [1.807, 2.05) is 0 Å². The van der Waals surface area contributed by atoms with Gasteiger partial charge in [-0.25, -0.2) is 16.8 Å². The maximum Gasteiger partial charge on any atom is 0.271 e. The molecule has 0 atom stereocenters. The fourth-order valence-corrected chi connectivity index (χ4v) is 5.98. The van der Waals surface area contributed by atoms with Gasteiger partial charge in [-0.1, -0.05) is 35.3 Å². The predicted octanol–water partition coefficient (Wildman–Crippen LogP) is 4.61. The summed E-state index contributed by atoms with van der Waals surface area (Å²) in [7, 11) is -8.15. The summed E-state index contributed by atoms with van der Waals surface area (Å²) in [6, 6.07) is 10.9. The highest BCUT2D eigenvalue weighted by Gasteiger charge is 2.22. The highest BCUT2D eigenvalue weighted by atomic mass is 35.5. The lowest BCUT2D eigenvalue weighted by Gasteiger charge is -2.16. The van der Waals surface area contributed by atoms with Crippen LogP contribution >= 0.6 is 34.5 Å². The molecule has 1 amide bonds. The number of hydrogen-bond acceptors (Lipinski definition) is 6. The Balaban J connectivity index is 1.99. The number of carbonyl (C=O) groups excluding carboxylic acids is 1. The van der Waals surface area contributed by atoms with E-state index in [0.717, 1.165) is 11.3 Å². The molecule has 0 fully saturated rings. The summed E-state index contributed by atoms with van der Waals surface area (Å²) in [4.78, 5) is 11.1. The van der Waals surface area contributed by atoms with E-state index in [2.05, 4.69) is 14.8 Å². The van der Waals surface area contributed by atoms with Crippen molar-refractivity contribution in [2.75, 3.05) is 14.8 Å². The standard InChI is InChI=1S/C18H15Cl2N3O5S3/c1-11(24)21-12-4-2-5-13(8-12)30(25,26)22-16-9-14(19)15(20)10-17(16)23-31(27,28)18-6-3-7-29-18/h2-10,22-23H,1H3,(H,21,24). The molecular formula is C18H15Cl2N3O5S3. The summed E-state index contributed by atoms with van der Waals surface area (Å²) in [5.41, 5.74) is 0.0481. The van der Waals surface area contributed by atoms with Gasteiger partial charge in [-0.15, -0.1) is 11.3 Å². The van der Waals surface area contributed by atoms with Crippen LogP contribution in [0.15, 0.2) is 63.0 Å². The summed E-state index contributed by atoms with van der Waals surface area (Å²) >= 11 is 13.0. The summed E-state index contributed by atoms with van der Waals surface area (Å²) in [6.07, 6.45) is 0. The molecule has 8 nitrogen and oxygen atoms in total. The topological polar surface area (TPSA) is 121 Å². The van der Waals surface area contributed by atoms with Crippen LogP contribution in [0.2, 0.25) is 10.0 Å². The van der Waals surface area contributed by atoms with Crippen LogP contribution in [0, 0.1) is 0 Å². The Labute approximate surface area is 193 Å². The molecule has 0 unspecified atom stereocenters. The van der Waals surface area contributed by atoms with Crippen LogP contribution in [0.4, 0.5) is 17.1 Å². The van der Waals surface area contributed by atoms with Crippen molar-refractivity contribution in [2.45, 2.75) is 16.0 Å². The van der Waals surface area contributed by atoms with Gasteiger partial charge in [0.05, 0.1) is 26.3 Å². The van der Waals surface area contributed by atoms with E-state index >= 15 is 0 Å². The molecule has 164 valence electrons. The first-order valence-corrected chi connectivity index (χ1v) is 13.0. The van der Waals surface area contributed by atoms with Crippen LogP contribution in [0.5, 0.6) is 0 Å². The Kier molecular flexibility index (Phi) is 6.82. The first kappa shape index (κ1) is 23.4. The third-order valence-corrected chi connectivity index (χ3v) is 8.62. The van der Waals surface area contributed by atoms with E-state index in [0.29, 0.717) is 0 Å². The Morgan fingerprint density at radius 2 is 1.48 bits per heavy atom. The number of hydrogen-bond donors (Lipinski definition) is 3. The third-order valence-electron chi connectivity index (χ3n) is 3.77. The van der Waals surface area contributed by atoms with Crippen LogP contribution < -0.4 is 14.8 Å². The number of nitrogens with one attached hydrogen (secondary N) is 3. The quantitative estimate of drug-likeness (QED) is 0.420. The minimum atomic E-state index is -4.17. The number of amides is 1. The number of rotatable bonds is 7. The molecule has 1 heterocycles. The van der Waals surface area contributed by atoms with E-state index in [4.69, 9.17) is 23.2 Å². The Morgan fingerprint density at radius 1 is 0.871 bits per heavy atom.